The fourth-order valence-electron chi connectivity index (χ4n) is 1.68. The zero-order chi connectivity index (χ0) is 13.4. The summed E-state index contributed by atoms with van der Waals surface area (Å²) in [4.78, 5) is 4.27. The second-order valence-corrected chi connectivity index (χ2v) is 5.04. The second kappa shape index (κ2) is 4.64. The molecule has 5 nitrogen and oxygen atoms in total. The Morgan fingerprint density at radius 1 is 1.32 bits per heavy atom. The van der Waals surface area contributed by atoms with E-state index < -0.39 is 0 Å². The van der Waals surface area contributed by atoms with Crippen LogP contribution in [0.4, 0.5) is 17.2 Å². The molecule has 0 aliphatic heterocycles. The highest BCUT2D eigenvalue weighted by Gasteiger charge is 2.11. The molecule has 0 unspecified atom stereocenters. The molecule has 0 spiro atoms. The Labute approximate surface area is 118 Å². The van der Waals surface area contributed by atoms with Gasteiger partial charge in [-0.25, -0.2) is 4.98 Å². The van der Waals surface area contributed by atoms with E-state index >= 15 is 0 Å². The molecule has 96 valence electrons. The van der Waals surface area contributed by atoms with Crippen LogP contribution in [0.5, 0.6) is 0 Å². The van der Waals surface area contributed by atoms with Gasteiger partial charge in [0.1, 0.15) is 16.9 Å². The number of benzene rings is 1. The van der Waals surface area contributed by atoms with Crippen LogP contribution in [0, 0.1) is 6.92 Å². The Morgan fingerprint density at radius 3 is 2.95 bits per heavy atom. The molecule has 3 aromatic rings. The van der Waals surface area contributed by atoms with Crippen LogP contribution in [0.3, 0.4) is 0 Å². The number of rotatable bonds is 2. The number of hydrogen-bond donors (Lipinski definition) is 2. The maximum Gasteiger partial charge on any atom is 0.132 e. The average molecular weight is 292 g/mol. The summed E-state index contributed by atoms with van der Waals surface area (Å²) < 4.78 is 8.42. The van der Waals surface area contributed by atoms with Crippen LogP contribution in [-0.4, -0.2) is 13.7 Å². The molecule has 0 bridgehead atoms. The van der Waals surface area contributed by atoms with Crippen molar-refractivity contribution in [2.45, 2.75) is 6.92 Å². The van der Waals surface area contributed by atoms with E-state index in [9.17, 15) is 0 Å². The lowest BCUT2D eigenvalue weighted by Crippen LogP contribution is -1.98. The van der Waals surface area contributed by atoms with Gasteiger partial charge in [-0.2, -0.15) is 8.75 Å². The second-order valence-electron chi connectivity index (χ2n) is 4.11. The van der Waals surface area contributed by atoms with Gasteiger partial charge in [0.2, 0.25) is 0 Å². The number of nitrogen functional groups attached to an aromatic ring is 1. The Bertz CT molecular complexity index is 755. The lowest BCUT2D eigenvalue weighted by atomic mass is 10.2. The number of pyridine rings is 1. The fourth-order valence-corrected chi connectivity index (χ4v) is 2.42. The molecule has 0 fully saturated rings. The van der Waals surface area contributed by atoms with Gasteiger partial charge in [-0.15, -0.1) is 0 Å². The maximum atomic E-state index is 6.20. The molecule has 3 N–H and O–H groups in total. The molecule has 0 aliphatic rings. The predicted octanol–water partition coefficient (Wildman–Crippen LogP) is 3.37. The standard InChI is InChI=1S/C12H10ClN5S/c1-6-5-15-10(4-8(6)14)16-11-7(13)2-3-9-12(11)18-19-17-9/h2-5H,1H3,(H3,14,15,16). The van der Waals surface area contributed by atoms with Crippen molar-refractivity contribution in [1.29, 1.82) is 0 Å². The van der Waals surface area contributed by atoms with Gasteiger partial charge < -0.3 is 11.1 Å². The molecule has 3 rings (SSSR count). The summed E-state index contributed by atoms with van der Waals surface area (Å²) in [6.07, 6.45) is 1.71. The third-order valence-electron chi connectivity index (χ3n) is 2.77. The number of hydrogen-bond acceptors (Lipinski definition) is 6. The monoisotopic (exact) mass is 291 g/mol. The molecule has 19 heavy (non-hydrogen) atoms. The first-order valence-corrected chi connectivity index (χ1v) is 6.66. The minimum Gasteiger partial charge on any atom is -0.398 e. The molecule has 0 atom stereocenters. The SMILES string of the molecule is Cc1cnc(Nc2c(Cl)ccc3nsnc23)cc1N. The van der Waals surface area contributed by atoms with E-state index in [2.05, 4.69) is 19.0 Å². The Morgan fingerprint density at radius 2 is 2.16 bits per heavy atom. The van der Waals surface area contributed by atoms with Crippen LogP contribution in [0.1, 0.15) is 5.56 Å². The minimum atomic E-state index is 0.571. The number of halogens is 1. The summed E-state index contributed by atoms with van der Waals surface area (Å²) in [7, 11) is 0. The average Bonchev–Trinajstić information content (AvgIpc) is 2.86. The van der Waals surface area contributed by atoms with Crippen LogP contribution in [-0.2, 0) is 0 Å². The summed E-state index contributed by atoms with van der Waals surface area (Å²) in [5, 5.41) is 3.72. The summed E-state index contributed by atoms with van der Waals surface area (Å²) >= 11 is 7.34. The van der Waals surface area contributed by atoms with E-state index in [1.54, 1.807) is 18.3 Å². The predicted molar refractivity (Wildman–Crippen MR) is 79.1 cm³/mol. The highest BCUT2D eigenvalue weighted by molar-refractivity contribution is 7.00. The van der Waals surface area contributed by atoms with Gasteiger partial charge in [-0.1, -0.05) is 11.6 Å². The zero-order valence-corrected chi connectivity index (χ0v) is 11.6. The third-order valence-corrected chi connectivity index (χ3v) is 3.63. The van der Waals surface area contributed by atoms with E-state index in [0.717, 1.165) is 28.3 Å². The molecule has 0 saturated carbocycles. The largest absolute Gasteiger partial charge is 0.398 e. The van der Waals surface area contributed by atoms with Crippen LogP contribution in [0.2, 0.25) is 5.02 Å². The van der Waals surface area contributed by atoms with E-state index in [1.807, 2.05) is 13.0 Å². The molecule has 7 heteroatoms. The first-order chi connectivity index (χ1) is 9.15. The van der Waals surface area contributed by atoms with Crippen LogP contribution in [0.15, 0.2) is 24.4 Å². The zero-order valence-electron chi connectivity index (χ0n) is 10.0. The summed E-state index contributed by atoms with van der Waals surface area (Å²) in [5.41, 5.74) is 9.71. The topological polar surface area (TPSA) is 76.7 Å². The van der Waals surface area contributed by atoms with Crippen LogP contribution in [0.25, 0.3) is 11.0 Å². The van der Waals surface area contributed by atoms with Gasteiger partial charge in [0.15, 0.2) is 0 Å². The molecule has 0 amide bonds. The molecular weight excluding hydrogens is 282 g/mol. The Balaban J connectivity index is 2.07. The number of anilines is 3. The molecular formula is C12H10ClN5S. The van der Waals surface area contributed by atoms with Crippen molar-refractivity contribution < 1.29 is 0 Å². The third kappa shape index (κ3) is 2.20. The number of nitrogens with two attached hydrogens (primary N) is 1. The lowest BCUT2D eigenvalue weighted by Gasteiger charge is -2.09. The number of aromatic nitrogens is 3. The number of nitrogens with zero attached hydrogens (tertiary/aromatic N) is 3. The highest BCUT2D eigenvalue weighted by atomic mass is 35.5. The van der Waals surface area contributed by atoms with E-state index in [-0.39, 0.29) is 0 Å². The van der Waals surface area contributed by atoms with Crippen molar-refractivity contribution in [1.82, 2.24) is 13.7 Å². The first kappa shape index (κ1) is 12.1. The van der Waals surface area contributed by atoms with Gasteiger partial charge >= 0.3 is 0 Å². The van der Waals surface area contributed by atoms with Gasteiger partial charge in [0, 0.05) is 18.0 Å². The number of nitrogens with one attached hydrogen (secondary N) is 1. The quantitative estimate of drug-likeness (QED) is 0.757. The molecule has 2 heterocycles. The lowest BCUT2D eigenvalue weighted by molar-refractivity contribution is 1.26. The first-order valence-electron chi connectivity index (χ1n) is 5.55. The molecule has 0 radical (unpaired) electrons. The van der Waals surface area contributed by atoms with Gasteiger partial charge in [-0.3, -0.25) is 0 Å². The van der Waals surface area contributed by atoms with Crippen LogP contribution < -0.4 is 11.1 Å². The number of fused-ring (bicyclic) bond motifs is 1. The summed E-state index contributed by atoms with van der Waals surface area (Å²) in [5.74, 6) is 0.630. The minimum absolute atomic E-state index is 0.571. The van der Waals surface area contributed by atoms with E-state index in [1.165, 1.54) is 0 Å². The van der Waals surface area contributed by atoms with Crippen molar-refractivity contribution in [2.24, 2.45) is 0 Å². The summed E-state index contributed by atoms with van der Waals surface area (Å²) in [6.45, 7) is 1.91. The van der Waals surface area contributed by atoms with Crippen molar-refractivity contribution in [3.63, 3.8) is 0 Å². The number of aryl methyl sites for hydroxylation is 1. The molecule has 2 aromatic heterocycles. The summed E-state index contributed by atoms with van der Waals surface area (Å²) in [6, 6.07) is 5.39. The Hall–Kier alpha value is -1.92. The highest BCUT2D eigenvalue weighted by Crippen LogP contribution is 2.32. The van der Waals surface area contributed by atoms with E-state index in [0.29, 0.717) is 22.2 Å². The maximum absolute atomic E-state index is 6.20. The van der Waals surface area contributed by atoms with Crippen molar-refractivity contribution >= 4 is 51.6 Å². The Kier molecular flexibility index (Phi) is 2.96. The van der Waals surface area contributed by atoms with Crippen molar-refractivity contribution in [3.8, 4) is 0 Å². The van der Waals surface area contributed by atoms with Gasteiger partial charge in [0.25, 0.3) is 0 Å². The van der Waals surface area contributed by atoms with Gasteiger partial charge in [0.05, 0.1) is 22.4 Å². The van der Waals surface area contributed by atoms with Crippen LogP contribution >= 0.6 is 23.3 Å². The molecule has 0 aliphatic carbocycles. The van der Waals surface area contributed by atoms with E-state index in [4.69, 9.17) is 17.3 Å². The normalized spacial score (nSPS) is 10.8. The fraction of sp³-hybridized carbons (Fsp3) is 0.0833. The van der Waals surface area contributed by atoms with Crippen molar-refractivity contribution in [3.05, 3.63) is 35.0 Å². The molecule has 1 aromatic carbocycles. The van der Waals surface area contributed by atoms with Gasteiger partial charge in [-0.05, 0) is 24.6 Å². The van der Waals surface area contributed by atoms with Crippen molar-refractivity contribution in [2.75, 3.05) is 11.1 Å². The molecule has 0 saturated heterocycles. The smallest absolute Gasteiger partial charge is 0.132 e.